The van der Waals surface area contributed by atoms with Crippen LogP contribution in [-0.2, 0) is 4.79 Å². The van der Waals surface area contributed by atoms with E-state index in [1.807, 2.05) is 30.1 Å². The van der Waals surface area contributed by atoms with Gasteiger partial charge in [-0.25, -0.2) is 4.39 Å². The number of carbonyl (C=O) groups is 1. The van der Waals surface area contributed by atoms with Gasteiger partial charge < -0.3 is 4.90 Å². The Morgan fingerprint density at radius 1 is 1.15 bits per heavy atom. The molecule has 0 aromatic heterocycles. The van der Waals surface area contributed by atoms with Crippen molar-refractivity contribution >= 4 is 38.9 Å². The van der Waals surface area contributed by atoms with Crippen molar-refractivity contribution in [3.63, 3.8) is 0 Å². The smallest absolute Gasteiger partial charge is 0.251 e. The molecule has 1 heterocycles. The molecule has 20 heavy (non-hydrogen) atoms. The van der Waals surface area contributed by atoms with Gasteiger partial charge in [0.1, 0.15) is 5.82 Å². The molecule has 0 spiro atoms. The van der Waals surface area contributed by atoms with Gasteiger partial charge in [-0.1, -0.05) is 22.0 Å². The second-order valence-electron chi connectivity index (χ2n) is 4.70. The van der Waals surface area contributed by atoms with E-state index in [-0.39, 0.29) is 18.3 Å². The Hall–Kier alpha value is -1.88. The van der Waals surface area contributed by atoms with Crippen molar-refractivity contribution < 1.29 is 9.18 Å². The minimum atomic E-state index is -0.354. The van der Waals surface area contributed by atoms with Gasteiger partial charge in [-0.05, 0) is 36.4 Å². The van der Waals surface area contributed by atoms with Crippen molar-refractivity contribution in [1.82, 2.24) is 0 Å². The average Bonchev–Trinajstić information content (AvgIpc) is 2.40. The van der Waals surface area contributed by atoms with Crippen molar-refractivity contribution in [3.05, 3.63) is 52.8 Å². The second-order valence-corrected chi connectivity index (χ2v) is 5.61. The summed E-state index contributed by atoms with van der Waals surface area (Å²) in [5.41, 5.74) is 2.24. The predicted octanol–water partition coefficient (Wildman–Crippen LogP) is 3.70. The van der Waals surface area contributed by atoms with Crippen LogP contribution in [0.15, 0.2) is 46.9 Å². The van der Waals surface area contributed by atoms with Crippen molar-refractivity contribution in [3.8, 4) is 0 Å². The Balaban J connectivity index is 2.17. The summed E-state index contributed by atoms with van der Waals surface area (Å²) in [5, 5.41) is 0. The lowest BCUT2D eigenvalue weighted by molar-refractivity contribution is -0.116. The molecule has 0 N–H and O–H groups in total. The van der Waals surface area contributed by atoms with Gasteiger partial charge in [0.15, 0.2) is 0 Å². The van der Waals surface area contributed by atoms with Gasteiger partial charge in [0.2, 0.25) is 0 Å². The van der Waals surface area contributed by atoms with Crippen molar-refractivity contribution in [2.24, 2.45) is 0 Å². The maximum atomic E-state index is 13.4. The third-order valence-electron chi connectivity index (χ3n) is 3.28. The molecule has 1 aliphatic rings. The summed E-state index contributed by atoms with van der Waals surface area (Å²) >= 11 is 3.43. The third-order valence-corrected chi connectivity index (χ3v) is 3.77. The lowest BCUT2D eigenvalue weighted by Crippen LogP contribution is -2.41. The molecule has 5 heteroatoms. The number of benzene rings is 2. The number of carbonyl (C=O) groups excluding carboxylic acids is 1. The lowest BCUT2D eigenvalue weighted by atomic mass is 10.1. The van der Waals surface area contributed by atoms with E-state index < -0.39 is 0 Å². The van der Waals surface area contributed by atoms with E-state index >= 15 is 0 Å². The molecule has 0 unspecified atom stereocenters. The van der Waals surface area contributed by atoms with E-state index in [9.17, 15) is 9.18 Å². The molecular weight excluding hydrogens is 323 g/mol. The fourth-order valence-electron chi connectivity index (χ4n) is 2.38. The van der Waals surface area contributed by atoms with Crippen molar-refractivity contribution in [2.45, 2.75) is 0 Å². The zero-order valence-electron chi connectivity index (χ0n) is 10.8. The number of halogens is 2. The molecule has 2 aromatic rings. The van der Waals surface area contributed by atoms with Crippen LogP contribution >= 0.6 is 15.9 Å². The molecule has 0 atom stereocenters. The Morgan fingerprint density at radius 3 is 2.70 bits per heavy atom. The fourth-order valence-corrected chi connectivity index (χ4v) is 2.73. The van der Waals surface area contributed by atoms with Gasteiger partial charge in [-0.2, -0.15) is 0 Å². The van der Waals surface area contributed by atoms with Crippen molar-refractivity contribution in [1.29, 1.82) is 0 Å². The normalized spacial score (nSPS) is 14.4. The molecule has 2 aromatic carbocycles. The highest BCUT2D eigenvalue weighted by molar-refractivity contribution is 9.10. The highest BCUT2D eigenvalue weighted by Crippen LogP contribution is 2.39. The number of rotatable bonds is 1. The standard InChI is InChI=1S/C15H12BrFN2O/c1-18-9-15(20)19(12-4-2-3-11(17)8-12)13-6-5-10(16)7-14(13)18/h2-8H,9H2,1H3. The van der Waals surface area contributed by atoms with E-state index in [1.165, 1.54) is 12.1 Å². The topological polar surface area (TPSA) is 23.6 Å². The number of amides is 1. The minimum Gasteiger partial charge on any atom is -0.364 e. The van der Waals surface area contributed by atoms with Gasteiger partial charge in [0, 0.05) is 11.5 Å². The summed E-state index contributed by atoms with van der Waals surface area (Å²) in [7, 11) is 1.87. The molecule has 0 bridgehead atoms. The quantitative estimate of drug-likeness (QED) is 0.793. The highest BCUT2D eigenvalue weighted by atomic mass is 79.9. The van der Waals surface area contributed by atoms with Crippen LogP contribution in [0.1, 0.15) is 0 Å². The molecule has 1 aliphatic heterocycles. The van der Waals surface area contributed by atoms with Crippen LogP contribution in [0.4, 0.5) is 21.5 Å². The molecule has 3 nitrogen and oxygen atoms in total. The summed E-state index contributed by atoms with van der Waals surface area (Å²) < 4.78 is 14.4. The maximum Gasteiger partial charge on any atom is 0.251 e. The number of hydrogen-bond acceptors (Lipinski definition) is 2. The first-order valence-electron chi connectivity index (χ1n) is 6.15. The molecular formula is C15H12BrFN2O. The van der Waals surface area contributed by atoms with E-state index in [4.69, 9.17) is 0 Å². The lowest BCUT2D eigenvalue weighted by Gasteiger charge is -2.35. The zero-order chi connectivity index (χ0) is 14.3. The SMILES string of the molecule is CN1CC(=O)N(c2cccc(F)c2)c2ccc(Br)cc21. The number of hydrogen-bond donors (Lipinski definition) is 0. The zero-order valence-corrected chi connectivity index (χ0v) is 12.4. The first-order chi connectivity index (χ1) is 9.56. The van der Waals surface area contributed by atoms with E-state index in [1.54, 1.807) is 17.0 Å². The molecule has 0 saturated carbocycles. The maximum absolute atomic E-state index is 13.4. The summed E-state index contributed by atoms with van der Waals surface area (Å²) in [6.45, 7) is 0.264. The monoisotopic (exact) mass is 334 g/mol. The molecule has 3 rings (SSSR count). The second kappa shape index (κ2) is 4.90. The Morgan fingerprint density at radius 2 is 1.95 bits per heavy atom. The van der Waals surface area contributed by atoms with Gasteiger partial charge in [-0.15, -0.1) is 0 Å². The number of fused-ring (bicyclic) bond motifs is 1. The summed E-state index contributed by atoms with van der Waals surface area (Å²) in [6, 6.07) is 11.8. The van der Waals surface area contributed by atoms with Crippen LogP contribution in [0.2, 0.25) is 0 Å². The first kappa shape index (κ1) is 13.1. The highest BCUT2D eigenvalue weighted by Gasteiger charge is 2.28. The van der Waals surface area contributed by atoms with Crippen LogP contribution in [0.25, 0.3) is 0 Å². The van der Waals surface area contributed by atoms with Crippen molar-refractivity contribution in [2.75, 3.05) is 23.4 Å². The largest absolute Gasteiger partial charge is 0.364 e. The molecule has 102 valence electrons. The number of nitrogens with zero attached hydrogens (tertiary/aromatic N) is 2. The van der Waals surface area contributed by atoms with E-state index in [2.05, 4.69) is 15.9 Å². The third kappa shape index (κ3) is 2.18. The van der Waals surface area contributed by atoms with E-state index in [0.717, 1.165) is 15.8 Å². The molecule has 1 amide bonds. The average molecular weight is 335 g/mol. The molecule has 0 aliphatic carbocycles. The van der Waals surface area contributed by atoms with Crippen LogP contribution in [-0.4, -0.2) is 19.5 Å². The molecule has 0 fully saturated rings. The van der Waals surface area contributed by atoms with Gasteiger partial charge >= 0.3 is 0 Å². The minimum absolute atomic E-state index is 0.0760. The number of anilines is 3. The van der Waals surface area contributed by atoms with Crippen LogP contribution in [0, 0.1) is 5.82 Å². The van der Waals surface area contributed by atoms with Crippen LogP contribution in [0.5, 0.6) is 0 Å². The summed E-state index contributed by atoms with van der Waals surface area (Å²) in [4.78, 5) is 15.8. The number of likely N-dealkylation sites (N-methyl/N-ethyl adjacent to an activating group) is 1. The molecule has 0 saturated heterocycles. The van der Waals surface area contributed by atoms with Gasteiger partial charge in [0.25, 0.3) is 5.91 Å². The van der Waals surface area contributed by atoms with Crippen LogP contribution in [0.3, 0.4) is 0 Å². The Labute approximate surface area is 124 Å². The summed E-state index contributed by atoms with van der Waals surface area (Å²) in [6.07, 6.45) is 0. The van der Waals surface area contributed by atoms with E-state index in [0.29, 0.717) is 5.69 Å². The van der Waals surface area contributed by atoms with Gasteiger partial charge in [-0.3, -0.25) is 9.69 Å². The summed E-state index contributed by atoms with van der Waals surface area (Å²) in [5.74, 6) is -0.430. The predicted molar refractivity (Wildman–Crippen MR) is 81.0 cm³/mol. The first-order valence-corrected chi connectivity index (χ1v) is 6.95. The fraction of sp³-hybridized carbons (Fsp3) is 0.133. The van der Waals surface area contributed by atoms with Crippen LogP contribution < -0.4 is 9.80 Å². The van der Waals surface area contributed by atoms with Gasteiger partial charge in [0.05, 0.1) is 23.6 Å². The molecule has 0 radical (unpaired) electrons. The Bertz CT molecular complexity index is 689. The Kier molecular flexibility index (Phi) is 3.22.